The van der Waals surface area contributed by atoms with Gasteiger partial charge >= 0.3 is 0 Å². The Morgan fingerprint density at radius 3 is 1.75 bits per heavy atom. The molecule has 2 nitrogen and oxygen atoms in total. The van der Waals surface area contributed by atoms with E-state index in [4.69, 9.17) is 0 Å². The van der Waals surface area contributed by atoms with Gasteiger partial charge in [-0.15, -0.1) is 0 Å². The van der Waals surface area contributed by atoms with Gasteiger partial charge in [0.15, 0.2) is 0 Å². The molecule has 1 aliphatic heterocycles. The first-order valence-corrected chi connectivity index (χ1v) is 9.11. The Morgan fingerprint density at radius 2 is 1.25 bits per heavy atom. The molecule has 2 heteroatoms. The fraction of sp³-hybridized carbons (Fsp3) is 1.00. The number of nitrogens with zero attached hydrogens (tertiary/aromatic N) is 2. The van der Waals surface area contributed by atoms with Gasteiger partial charge < -0.3 is 0 Å². The van der Waals surface area contributed by atoms with Crippen LogP contribution < -0.4 is 0 Å². The van der Waals surface area contributed by atoms with E-state index in [2.05, 4.69) is 30.6 Å². The van der Waals surface area contributed by atoms with Gasteiger partial charge in [-0.1, -0.05) is 20.8 Å². The molecular formula is C18H34N2. The van der Waals surface area contributed by atoms with E-state index in [1.54, 1.807) is 0 Å². The maximum Gasteiger partial charge on any atom is 0.0113 e. The predicted octanol–water partition coefficient (Wildman–Crippen LogP) is 3.62. The summed E-state index contributed by atoms with van der Waals surface area (Å²) in [6, 6.07) is 1.84. The zero-order valence-electron chi connectivity index (χ0n) is 13.9. The maximum atomic E-state index is 2.81. The summed E-state index contributed by atoms with van der Waals surface area (Å²) in [7, 11) is 0. The molecule has 0 aromatic heterocycles. The van der Waals surface area contributed by atoms with Crippen molar-refractivity contribution < 1.29 is 0 Å². The Morgan fingerprint density at radius 1 is 0.750 bits per heavy atom. The minimum atomic E-state index is 0.900. The molecule has 0 bridgehead atoms. The van der Waals surface area contributed by atoms with E-state index in [1.807, 2.05) is 0 Å². The molecule has 0 amide bonds. The Balaban J connectivity index is 1.39. The molecule has 0 N–H and O–H groups in total. The lowest BCUT2D eigenvalue weighted by atomic mass is 9.73. The fourth-order valence-electron chi connectivity index (χ4n) is 4.55. The molecule has 0 aromatic carbocycles. The van der Waals surface area contributed by atoms with Crippen LogP contribution in [0.25, 0.3) is 0 Å². The first-order valence-electron chi connectivity index (χ1n) is 9.11. The second-order valence-corrected chi connectivity index (χ2v) is 8.11. The van der Waals surface area contributed by atoms with E-state index in [0.717, 1.165) is 29.8 Å². The van der Waals surface area contributed by atoms with Gasteiger partial charge in [0, 0.05) is 38.3 Å². The second-order valence-electron chi connectivity index (χ2n) is 8.11. The van der Waals surface area contributed by atoms with E-state index in [1.165, 1.54) is 64.7 Å². The highest BCUT2D eigenvalue weighted by Gasteiger charge is 2.37. The van der Waals surface area contributed by atoms with Crippen molar-refractivity contribution in [3.63, 3.8) is 0 Å². The Labute approximate surface area is 125 Å². The highest BCUT2D eigenvalue weighted by Crippen LogP contribution is 2.37. The summed E-state index contributed by atoms with van der Waals surface area (Å²) in [5, 5.41) is 0. The van der Waals surface area contributed by atoms with Crippen LogP contribution in [-0.4, -0.2) is 48.1 Å². The highest BCUT2D eigenvalue weighted by atomic mass is 15.3. The molecule has 3 rings (SSSR count). The largest absolute Gasteiger partial charge is 0.298 e. The molecule has 1 heterocycles. The topological polar surface area (TPSA) is 6.48 Å². The Hall–Kier alpha value is -0.0800. The van der Waals surface area contributed by atoms with Crippen LogP contribution >= 0.6 is 0 Å². The third-order valence-corrected chi connectivity index (χ3v) is 6.46. The van der Waals surface area contributed by atoms with Crippen LogP contribution in [0.3, 0.4) is 0 Å². The van der Waals surface area contributed by atoms with Gasteiger partial charge in [-0.2, -0.15) is 0 Å². The van der Waals surface area contributed by atoms with Crippen molar-refractivity contribution in [2.24, 2.45) is 17.8 Å². The molecule has 20 heavy (non-hydrogen) atoms. The maximum absolute atomic E-state index is 2.81. The van der Waals surface area contributed by atoms with Crippen LogP contribution in [0.1, 0.15) is 59.3 Å². The summed E-state index contributed by atoms with van der Waals surface area (Å²) in [5.74, 6) is 2.89. The lowest BCUT2D eigenvalue weighted by Crippen LogP contribution is -2.56. The standard InChI is InChI=1S/C18H34N2/c1-14(2)16-12-18(13-16)20-10-8-19(9-11-20)17-6-4-15(3)5-7-17/h14-18H,4-13H2,1-3H3. The van der Waals surface area contributed by atoms with Gasteiger partial charge in [0.1, 0.15) is 0 Å². The van der Waals surface area contributed by atoms with Crippen molar-refractivity contribution >= 4 is 0 Å². The van der Waals surface area contributed by atoms with Gasteiger partial charge in [0.2, 0.25) is 0 Å². The molecule has 3 aliphatic rings. The number of piperazine rings is 1. The van der Waals surface area contributed by atoms with Crippen LogP contribution in [0.4, 0.5) is 0 Å². The van der Waals surface area contributed by atoms with E-state index in [-0.39, 0.29) is 0 Å². The molecule has 3 fully saturated rings. The fourth-order valence-corrected chi connectivity index (χ4v) is 4.55. The summed E-state index contributed by atoms with van der Waals surface area (Å²) in [6.07, 6.45) is 8.78. The quantitative estimate of drug-likeness (QED) is 0.778. The predicted molar refractivity (Wildman–Crippen MR) is 85.9 cm³/mol. The molecule has 2 saturated carbocycles. The van der Waals surface area contributed by atoms with Crippen LogP contribution in [0.5, 0.6) is 0 Å². The van der Waals surface area contributed by atoms with Gasteiger partial charge in [0.05, 0.1) is 0 Å². The van der Waals surface area contributed by atoms with Crippen molar-refractivity contribution in [1.29, 1.82) is 0 Å². The van der Waals surface area contributed by atoms with Crippen LogP contribution in [0.2, 0.25) is 0 Å². The summed E-state index contributed by atoms with van der Waals surface area (Å²) in [6.45, 7) is 12.6. The van der Waals surface area contributed by atoms with Gasteiger partial charge in [-0.05, 0) is 56.3 Å². The van der Waals surface area contributed by atoms with Crippen LogP contribution in [0, 0.1) is 17.8 Å². The monoisotopic (exact) mass is 278 g/mol. The van der Waals surface area contributed by atoms with E-state index in [9.17, 15) is 0 Å². The van der Waals surface area contributed by atoms with E-state index >= 15 is 0 Å². The second kappa shape index (κ2) is 6.36. The molecule has 0 atom stereocenters. The van der Waals surface area contributed by atoms with Gasteiger partial charge in [-0.25, -0.2) is 0 Å². The molecule has 0 unspecified atom stereocenters. The zero-order chi connectivity index (χ0) is 14.1. The van der Waals surface area contributed by atoms with E-state index in [0.29, 0.717) is 0 Å². The first-order chi connectivity index (χ1) is 9.63. The van der Waals surface area contributed by atoms with Crippen molar-refractivity contribution in [2.45, 2.75) is 71.4 Å². The Bertz CT molecular complexity index is 293. The minimum absolute atomic E-state index is 0.900. The number of rotatable bonds is 3. The van der Waals surface area contributed by atoms with Gasteiger partial charge in [-0.3, -0.25) is 9.80 Å². The Kier molecular flexibility index (Phi) is 4.72. The molecule has 116 valence electrons. The summed E-state index contributed by atoms with van der Waals surface area (Å²) < 4.78 is 0. The van der Waals surface area contributed by atoms with Crippen molar-refractivity contribution in [3.05, 3.63) is 0 Å². The highest BCUT2D eigenvalue weighted by molar-refractivity contribution is 4.91. The molecule has 0 radical (unpaired) electrons. The average molecular weight is 278 g/mol. The van der Waals surface area contributed by atoms with Crippen molar-refractivity contribution in [2.75, 3.05) is 26.2 Å². The molecule has 2 aliphatic carbocycles. The minimum Gasteiger partial charge on any atom is -0.298 e. The molecule has 1 saturated heterocycles. The summed E-state index contributed by atoms with van der Waals surface area (Å²) in [4.78, 5) is 5.60. The molecule has 0 aromatic rings. The number of hydrogen-bond donors (Lipinski definition) is 0. The smallest absolute Gasteiger partial charge is 0.0113 e. The van der Waals surface area contributed by atoms with E-state index < -0.39 is 0 Å². The lowest BCUT2D eigenvalue weighted by Gasteiger charge is -2.49. The normalized spacial score (nSPS) is 40.8. The van der Waals surface area contributed by atoms with Crippen LogP contribution in [0.15, 0.2) is 0 Å². The lowest BCUT2D eigenvalue weighted by molar-refractivity contribution is 0.00201. The first kappa shape index (κ1) is 14.8. The number of hydrogen-bond acceptors (Lipinski definition) is 2. The molecule has 0 spiro atoms. The molecular weight excluding hydrogens is 244 g/mol. The third-order valence-electron chi connectivity index (χ3n) is 6.46. The van der Waals surface area contributed by atoms with Crippen molar-refractivity contribution in [1.82, 2.24) is 9.80 Å². The van der Waals surface area contributed by atoms with Gasteiger partial charge in [0.25, 0.3) is 0 Å². The summed E-state index contributed by atoms with van der Waals surface area (Å²) in [5.41, 5.74) is 0. The average Bonchev–Trinajstić information content (AvgIpc) is 2.38. The zero-order valence-corrected chi connectivity index (χ0v) is 13.9. The van der Waals surface area contributed by atoms with Crippen molar-refractivity contribution in [3.8, 4) is 0 Å². The SMILES string of the molecule is CC1CCC(N2CCN(C3CC(C(C)C)C3)CC2)CC1. The van der Waals surface area contributed by atoms with Crippen LogP contribution in [-0.2, 0) is 0 Å². The summed E-state index contributed by atoms with van der Waals surface area (Å²) >= 11 is 0. The third kappa shape index (κ3) is 3.22.